The van der Waals surface area contributed by atoms with E-state index < -0.39 is 49.1 Å². The second-order valence-corrected chi connectivity index (χ2v) is 24.9. The minimum atomic E-state index is -3.61. The number of aryl methyl sites for hydroxylation is 1. The van der Waals surface area contributed by atoms with Crippen LogP contribution >= 0.6 is 92.4 Å². The van der Waals surface area contributed by atoms with Crippen molar-refractivity contribution in [3.63, 3.8) is 0 Å². The predicted molar refractivity (Wildman–Crippen MR) is 190 cm³/mol. The van der Waals surface area contributed by atoms with Crippen molar-refractivity contribution < 1.29 is 66.7 Å². The van der Waals surface area contributed by atoms with Crippen molar-refractivity contribution in [2.75, 3.05) is 40.8 Å². The van der Waals surface area contributed by atoms with Crippen LogP contribution in [0.1, 0.15) is 12.5 Å². The van der Waals surface area contributed by atoms with E-state index in [0.717, 1.165) is 11.8 Å². The van der Waals surface area contributed by atoms with E-state index in [2.05, 4.69) is 44.7 Å². The third-order valence-electron chi connectivity index (χ3n) is 3.94. The average molecular weight is 970 g/mol. The number of ether oxygens (including phenoxy) is 1. The molecule has 3 rings (SSSR count). The molecule has 1 aliphatic heterocycles. The van der Waals surface area contributed by atoms with Crippen LogP contribution in [0.15, 0.2) is 58.3 Å². The van der Waals surface area contributed by atoms with Crippen molar-refractivity contribution in [1.29, 1.82) is 0 Å². The number of hydrogen-bond donors (Lipinski definition) is 0. The van der Waals surface area contributed by atoms with E-state index in [1.54, 1.807) is 19.1 Å². The molecule has 2 atom stereocenters. The van der Waals surface area contributed by atoms with Crippen LogP contribution in [0, 0.1) is 6.92 Å². The number of benzene rings is 2. The van der Waals surface area contributed by atoms with Gasteiger partial charge in [-0.05, 0) is 66.2 Å². The molecular formula is C21H31BrCl5O15P3S3. The van der Waals surface area contributed by atoms with Crippen LogP contribution in [0.2, 0.25) is 0 Å². The van der Waals surface area contributed by atoms with Crippen molar-refractivity contribution >= 4 is 120 Å². The van der Waals surface area contributed by atoms with Gasteiger partial charge in [-0.15, -0.1) is 0 Å². The number of halogens is 6. The van der Waals surface area contributed by atoms with Gasteiger partial charge in [0.2, 0.25) is 13.6 Å². The average Bonchev–Trinajstić information content (AvgIpc) is 3.36. The molecule has 0 radical (unpaired) electrons. The Morgan fingerprint density at radius 2 is 1.17 bits per heavy atom. The van der Waals surface area contributed by atoms with Crippen LogP contribution in [0.25, 0.3) is 0 Å². The second-order valence-electron chi connectivity index (χ2n) is 7.80. The maximum Gasteiger partial charge on any atom is 0.424 e. The second kappa shape index (κ2) is 25.4. The molecular weight excluding hydrogens is 939 g/mol. The van der Waals surface area contributed by atoms with Gasteiger partial charge in [0.1, 0.15) is 5.75 Å². The highest BCUT2D eigenvalue weighted by Crippen LogP contribution is 2.56. The Bertz CT molecular complexity index is 1630. The highest BCUT2D eigenvalue weighted by Gasteiger charge is 2.26. The predicted octanol–water partition coefficient (Wildman–Crippen LogP) is 7.57. The lowest BCUT2D eigenvalue weighted by Gasteiger charge is -2.00. The lowest BCUT2D eigenvalue weighted by atomic mass is 10.2. The topological polar surface area (TPSA) is 223 Å². The molecule has 0 saturated carbocycles. The maximum absolute atomic E-state index is 10.8. The standard InChI is InChI=1S/C7H7ClO3S.C7H7ClO2S.C2H4BrO2P.C2H4ClO3P.C2H6ClO3P.CH3ClO2S/c1-11-6-2-4-7(5-3-6)12(8,9)10;1-6-2-4-7(5-3-6)11(8,9)10;1-2(3)6(4)5;3-7(4)5-1-2-6-7;1-5-7(3,4)6-2;1-5(2,3)4/h2-5H,1H3;2-5H,1H3;2H,1H3;1-2H2;1-2H3;1H3. The normalized spacial score (nSPS) is 14.6. The fourth-order valence-electron chi connectivity index (χ4n) is 1.84. The van der Waals surface area contributed by atoms with E-state index in [0.29, 0.717) is 19.0 Å². The van der Waals surface area contributed by atoms with Gasteiger partial charge in [0.15, 0.2) is 0 Å². The van der Waals surface area contributed by atoms with E-state index >= 15 is 0 Å². The Hall–Kier alpha value is 0.380. The van der Waals surface area contributed by atoms with Gasteiger partial charge in [-0.25, -0.2) is 34.4 Å². The number of hydrogen-bond acceptors (Lipinski definition) is 15. The van der Waals surface area contributed by atoms with Gasteiger partial charge in [0, 0.05) is 68.7 Å². The van der Waals surface area contributed by atoms with Gasteiger partial charge < -0.3 is 18.7 Å². The molecule has 0 spiro atoms. The van der Waals surface area contributed by atoms with Crippen molar-refractivity contribution in [2.45, 2.75) is 28.2 Å². The summed E-state index contributed by atoms with van der Waals surface area (Å²) in [4.78, 5) is 9.91. The molecule has 1 aliphatic rings. The molecule has 0 N–H and O–H groups in total. The molecule has 27 heteroatoms. The third kappa shape index (κ3) is 33.5. The van der Waals surface area contributed by atoms with Gasteiger partial charge in [-0.1, -0.05) is 22.3 Å². The molecule has 0 bridgehead atoms. The molecule has 2 aromatic carbocycles. The molecule has 1 heterocycles. The smallest absolute Gasteiger partial charge is 0.424 e. The van der Waals surface area contributed by atoms with Crippen LogP contribution in [0.4, 0.5) is 0 Å². The summed E-state index contributed by atoms with van der Waals surface area (Å²) in [5.74, 6) is 0.596. The van der Waals surface area contributed by atoms with E-state index in [1.165, 1.54) is 57.7 Å². The van der Waals surface area contributed by atoms with E-state index in [1.807, 2.05) is 6.92 Å². The van der Waals surface area contributed by atoms with Crippen molar-refractivity contribution in [1.82, 2.24) is 0 Å². The van der Waals surface area contributed by atoms with Gasteiger partial charge in [-0.3, -0.25) is 9.05 Å². The number of rotatable bonds is 6. The molecule has 0 aromatic heterocycles. The van der Waals surface area contributed by atoms with Gasteiger partial charge >= 0.3 is 21.9 Å². The molecule has 0 aliphatic carbocycles. The van der Waals surface area contributed by atoms with Gasteiger partial charge in [-0.2, -0.15) is 0 Å². The van der Waals surface area contributed by atoms with Crippen LogP contribution in [0.3, 0.4) is 0 Å². The summed E-state index contributed by atoms with van der Waals surface area (Å²) in [5.41, 5.74) is 1.01. The summed E-state index contributed by atoms with van der Waals surface area (Å²) >= 11 is 12.9. The molecule has 15 nitrogen and oxygen atoms in total. The lowest BCUT2D eigenvalue weighted by molar-refractivity contribution is -0.164. The molecule has 2 aromatic rings. The maximum atomic E-state index is 10.8. The van der Waals surface area contributed by atoms with Crippen molar-refractivity contribution in [3.05, 3.63) is 54.1 Å². The summed E-state index contributed by atoms with van der Waals surface area (Å²) < 4.78 is 114. The first kappa shape index (κ1) is 52.7. The summed E-state index contributed by atoms with van der Waals surface area (Å²) in [6.45, 7) is -2.12. The van der Waals surface area contributed by atoms with Crippen LogP contribution in [-0.2, 0) is 58.9 Å². The molecule has 1 saturated heterocycles. The first-order chi connectivity index (χ1) is 21.5. The zero-order valence-electron chi connectivity index (χ0n) is 25.6. The lowest BCUT2D eigenvalue weighted by Crippen LogP contribution is -1.92. The van der Waals surface area contributed by atoms with E-state index in [-0.39, 0.29) is 14.4 Å². The minimum absolute atomic E-state index is 0.0740. The highest BCUT2D eigenvalue weighted by molar-refractivity contribution is 9.10. The Balaban J connectivity index is -0.000000522. The quantitative estimate of drug-likeness (QED) is 0.155. The zero-order chi connectivity index (χ0) is 38.6. The number of alkyl halides is 1. The summed E-state index contributed by atoms with van der Waals surface area (Å²) in [7, 11) is 6.02. The Labute approximate surface area is 312 Å². The minimum Gasteiger partial charge on any atom is -0.595 e. The van der Waals surface area contributed by atoms with Crippen LogP contribution < -0.4 is 9.63 Å². The fraction of sp³-hybridized carbons (Fsp3) is 0.429. The van der Waals surface area contributed by atoms with Crippen molar-refractivity contribution in [2.24, 2.45) is 0 Å². The van der Waals surface area contributed by atoms with E-state index in [4.69, 9.17) is 48.6 Å². The summed E-state index contributed by atoms with van der Waals surface area (Å²) in [6, 6.07) is 12.2. The largest absolute Gasteiger partial charge is 0.595 e. The highest BCUT2D eigenvalue weighted by atomic mass is 79.9. The molecule has 2 unspecified atom stereocenters. The Kier molecular flexibility index (Phi) is 27.9. The van der Waals surface area contributed by atoms with Crippen LogP contribution in [0.5, 0.6) is 5.75 Å². The first-order valence-corrected chi connectivity index (χ1v) is 26.2. The molecule has 48 heavy (non-hydrogen) atoms. The van der Waals surface area contributed by atoms with E-state index in [9.17, 15) is 43.8 Å². The Morgan fingerprint density at radius 3 is 1.33 bits per heavy atom. The number of methoxy groups -OCH3 is 1. The zero-order valence-corrected chi connectivity index (χ0v) is 36.1. The molecule has 0 amide bonds. The summed E-state index contributed by atoms with van der Waals surface area (Å²) in [6.07, 6.45) is 0.925. The van der Waals surface area contributed by atoms with Gasteiger partial charge in [0.05, 0.1) is 36.4 Å². The van der Waals surface area contributed by atoms with Crippen LogP contribution in [-0.4, -0.2) is 70.6 Å². The molecule has 1 fully saturated rings. The van der Waals surface area contributed by atoms with Gasteiger partial charge in [0.25, 0.3) is 18.1 Å². The first-order valence-electron chi connectivity index (χ1n) is 11.8. The summed E-state index contributed by atoms with van der Waals surface area (Å²) in [5, 5.41) is 0. The fourth-order valence-corrected chi connectivity index (χ4v) is 4.61. The monoisotopic (exact) mass is 966 g/mol. The SMILES string of the molecule is CC(Br)[P+](=O)[O-].COP(=O)(Cl)OC.COc1ccc(S(=O)(=O)Cl)cc1.CS(=O)(=O)Cl.Cc1ccc(S(=O)(=O)Cl)cc1.O=P1(Cl)OCCO1. The molecule has 280 valence electrons. The van der Waals surface area contributed by atoms with Crippen molar-refractivity contribution in [3.8, 4) is 5.75 Å². The Morgan fingerprint density at radius 1 is 0.875 bits per heavy atom. The third-order valence-corrected chi connectivity index (χ3v) is 11.5.